The van der Waals surface area contributed by atoms with Crippen LogP contribution in [0.1, 0.15) is 31.2 Å². The first kappa shape index (κ1) is 19.0. The summed E-state index contributed by atoms with van der Waals surface area (Å²) in [6.45, 7) is 0.958. The van der Waals surface area contributed by atoms with Crippen LogP contribution in [0.5, 0.6) is 0 Å². The number of carboxylic acid groups (broad SMARTS) is 1. The molecule has 2 rings (SSSR count). The molecule has 1 aliphatic heterocycles. The molecule has 6 heteroatoms. The number of benzene rings is 1. The Balaban J connectivity index is 1.69. The number of nitrogens with zero attached hydrogens (tertiary/aromatic N) is 2. The molecule has 0 bridgehead atoms. The summed E-state index contributed by atoms with van der Waals surface area (Å²) >= 11 is 0. The van der Waals surface area contributed by atoms with E-state index in [1.165, 1.54) is 10.5 Å². The number of aryl methyl sites for hydroxylation is 1. The van der Waals surface area contributed by atoms with Gasteiger partial charge in [0.15, 0.2) is 0 Å². The lowest BCUT2D eigenvalue weighted by Gasteiger charge is -2.31. The number of piperidine rings is 1. The largest absolute Gasteiger partial charge is 0.481 e. The van der Waals surface area contributed by atoms with Gasteiger partial charge in [-0.05, 0) is 31.2 Å². The molecule has 2 amide bonds. The van der Waals surface area contributed by atoms with E-state index in [4.69, 9.17) is 5.11 Å². The first-order valence-electron chi connectivity index (χ1n) is 8.76. The third-order valence-electron chi connectivity index (χ3n) is 4.69. The fourth-order valence-electron chi connectivity index (χ4n) is 3.05. The SMILES string of the molecule is CN(CC(=O)N1CCC(C(=O)O)CC1)C(=O)CCCc1ccccc1. The van der Waals surface area contributed by atoms with Crippen molar-refractivity contribution in [2.24, 2.45) is 5.92 Å². The maximum absolute atomic E-state index is 12.3. The van der Waals surface area contributed by atoms with E-state index in [1.54, 1.807) is 11.9 Å². The first-order chi connectivity index (χ1) is 12.0. The average Bonchev–Trinajstić information content (AvgIpc) is 2.62. The van der Waals surface area contributed by atoms with Crippen molar-refractivity contribution in [2.45, 2.75) is 32.1 Å². The molecule has 0 radical (unpaired) electrons. The number of amides is 2. The van der Waals surface area contributed by atoms with Crippen molar-refractivity contribution >= 4 is 17.8 Å². The van der Waals surface area contributed by atoms with Gasteiger partial charge >= 0.3 is 5.97 Å². The molecule has 136 valence electrons. The minimum Gasteiger partial charge on any atom is -0.481 e. The third-order valence-corrected chi connectivity index (χ3v) is 4.69. The number of likely N-dealkylation sites (N-methyl/N-ethyl adjacent to an activating group) is 1. The van der Waals surface area contributed by atoms with Crippen LogP contribution in [0.15, 0.2) is 30.3 Å². The topological polar surface area (TPSA) is 77.9 Å². The minimum atomic E-state index is -0.794. The predicted molar refractivity (Wildman–Crippen MR) is 94.0 cm³/mol. The Morgan fingerprint density at radius 2 is 1.80 bits per heavy atom. The fraction of sp³-hybridized carbons (Fsp3) is 0.526. The zero-order valence-corrected chi connectivity index (χ0v) is 14.7. The zero-order chi connectivity index (χ0) is 18.2. The molecule has 1 heterocycles. The summed E-state index contributed by atoms with van der Waals surface area (Å²) in [7, 11) is 1.65. The molecule has 1 fully saturated rings. The highest BCUT2D eigenvalue weighted by Crippen LogP contribution is 2.17. The second kappa shape index (κ2) is 9.20. The van der Waals surface area contributed by atoms with Gasteiger partial charge in [-0.3, -0.25) is 14.4 Å². The number of carbonyl (C=O) groups excluding carboxylic acids is 2. The van der Waals surface area contributed by atoms with E-state index in [0.717, 1.165) is 12.8 Å². The highest BCUT2D eigenvalue weighted by molar-refractivity contribution is 5.84. The lowest BCUT2D eigenvalue weighted by molar-refractivity contribution is -0.146. The second-order valence-electron chi connectivity index (χ2n) is 6.58. The summed E-state index contributed by atoms with van der Waals surface area (Å²) in [6.07, 6.45) is 2.98. The maximum atomic E-state index is 12.3. The van der Waals surface area contributed by atoms with Gasteiger partial charge in [-0.15, -0.1) is 0 Å². The molecule has 1 saturated heterocycles. The van der Waals surface area contributed by atoms with E-state index in [0.29, 0.717) is 32.4 Å². The maximum Gasteiger partial charge on any atom is 0.306 e. The van der Waals surface area contributed by atoms with Crippen LogP contribution in [0, 0.1) is 5.92 Å². The molecule has 0 unspecified atom stereocenters. The zero-order valence-electron chi connectivity index (χ0n) is 14.7. The van der Waals surface area contributed by atoms with Gasteiger partial charge in [0.25, 0.3) is 0 Å². The van der Waals surface area contributed by atoms with E-state index < -0.39 is 5.97 Å². The number of aliphatic carboxylic acids is 1. The molecule has 0 spiro atoms. The van der Waals surface area contributed by atoms with Crippen LogP contribution in [0.25, 0.3) is 0 Å². The van der Waals surface area contributed by atoms with Gasteiger partial charge in [-0.1, -0.05) is 30.3 Å². The Morgan fingerprint density at radius 3 is 2.40 bits per heavy atom. The third kappa shape index (κ3) is 5.89. The Bertz CT molecular complexity index is 595. The minimum absolute atomic E-state index is 0.0373. The van der Waals surface area contributed by atoms with Crippen LogP contribution in [-0.4, -0.2) is 59.4 Å². The fourth-order valence-corrected chi connectivity index (χ4v) is 3.05. The van der Waals surface area contributed by atoms with Crippen LogP contribution in [0.2, 0.25) is 0 Å². The molecule has 1 aromatic rings. The molecule has 0 aromatic heterocycles. The van der Waals surface area contributed by atoms with Crippen molar-refractivity contribution in [3.63, 3.8) is 0 Å². The van der Waals surface area contributed by atoms with E-state index in [1.807, 2.05) is 30.3 Å². The molecule has 1 aromatic carbocycles. The number of hydrogen-bond acceptors (Lipinski definition) is 3. The Labute approximate surface area is 148 Å². The van der Waals surface area contributed by atoms with Gasteiger partial charge in [-0.25, -0.2) is 0 Å². The van der Waals surface area contributed by atoms with Gasteiger partial charge in [0, 0.05) is 26.6 Å². The highest BCUT2D eigenvalue weighted by Gasteiger charge is 2.27. The van der Waals surface area contributed by atoms with Crippen LogP contribution in [-0.2, 0) is 20.8 Å². The monoisotopic (exact) mass is 346 g/mol. The van der Waals surface area contributed by atoms with Crippen molar-refractivity contribution in [2.75, 3.05) is 26.7 Å². The van der Waals surface area contributed by atoms with Crippen LogP contribution < -0.4 is 0 Å². The summed E-state index contributed by atoms with van der Waals surface area (Å²) in [5.41, 5.74) is 1.20. The first-order valence-corrected chi connectivity index (χ1v) is 8.76. The molecule has 1 aliphatic rings. The quantitative estimate of drug-likeness (QED) is 0.816. The van der Waals surface area contributed by atoms with Crippen LogP contribution in [0.4, 0.5) is 0 Å². The summed E-state index contributed by atoms with van der Waals surface area (Å²) in [5, 5.41) is 8.99. The second-order valence-corrected chi connectivity index (χ2v) is 6.58. The summed E-state index contributed by atoms with van der Waals surface area (Å²) in [5.74, 6) is -1.30. The highest BCUT2D eigenvalue weighted by atomic mass is 16.4. The van der Waals surface area contributed by atoms with Crippen LogP contribution in [0.3, 0.4) is 0 Å². The van der Waals surface area contributed by atoms with Gasteiger partial charge in [0.1, 0.15) is 0 Å². The summed E-state index contributed by atoms with van der Waals surface area (Å²) in [6, 6.07) is 10.0. The number of hydrogen-bond donors (Lipinski definition) is 1. The number of rotatable bonds is 7. The molecule has 0 atom stereocenters. The van der Waals surface area contributed by atoms with Gasteiger partial charge in [0.2, 0.25) is 11.8 Å². The van der Waals surface area contributed by atoms with Crippen LogP contribution >= 0.6 is 0 Å². The van der Waals surface area contributed by atoms with Crippen molar-refractivity contribution in [3.05, 3.63) is 35.9 Å². The van der Waals surface area contributed by atoms with Crippen molar-refractivity contribution in [1.82, 2.24) is 9.80 Å². The summed E-state index contributed by atoms with van der Waals surface area (Å²) in [4.78, 5) is 38.5. The molecule has 0 saturated carbocycles. The Hall–Kier alpha value is -2.37. The Kier molecular flexibility index (Phi) is 6.98. The molecular weight excluding hydrogens is 320 g/mol. The predicted octanol–water partition coefficient (Wildman–Crippen LogP) is 1.79. The summed E-state index contributed by atoms with van der Waals surface area (Å²) < 4.78 is 0. The smallest absolute Gasteiger partial charge is 0.306 e. The van der Waals surface area contributed by atoms with E-state index in [-0.39, 0.29) is 24.3 Å². The molecule has 1 N–H and O–H groups in total. The molecule has 0 aliphatic carbocycles. The number of likely N-dealkylation sites (tertiary alicyclic amines) is 1. The van der Waals surface area contributed by atoms with Gasteiger partial charge < -0.3 is 14.9 Å². The van der Waals surface area contributed by atoms with Crippen molar-refractivity contribution in [3.8, 4) is 0 Å². The number of carbonyl (C=O) groups is 3. The molecule has 25 heavy (non-hydrogen) atoms. The normalized spacial score (nSPS) is 15.0. The van der Waals surface area contributed by atoms with E-state index in [9.17, 15) is 14.4 Å². The van der Waals surface area contributed by atoms with Crippen molar-refractivity contribution in [1.29, 1.82) is 0 Å². The number of carboxylic acids is 1. The van der Waals surface area contributed by atoms with Gasteiger partial charge in [0.05, 0.1) is 12.5 Å². The Morgan fingerprint density at radius 1 is 1.16 bits per heavy atom. The van der Waals surface area contributed by atoms with Gasteiger partial charge in [-0.2, -0.15) is 0 Å². The standard InChI is InChI=1S/C19H26N2O4/c1-20(17(22)9-5-8-15-6-3-2-4-7-15)14-18(23)21-12-10-16(11-13-21)19(24)25/h2-4,6-7,16H,5,8-14H2,1H3,(H,24,25). The van der Waals surface area contributed by atoms with E-state index in [2.05, 4.69) is 0 Å². The van der Waals surface area contributed by atoms with Crippen molar-refractivity contribution < 1.29 is 19.5 Å². The lowest BCUT2D eigenvalue weighted by atomic mass is 9.97. The molecular formula is C19H26N2O4. The molecule has 6 nitrogen and oxygen atoms in total. The lowest BCUT2D eigenvalue weighted by Crippen LogP contribution is -2.45. The van der Waals surface area contributed by atoms with E-state index >= 15 is 0 Å². The average molecular weight is 346 g/mol.